The van der Waals surface area contributed by atoms with Gasteiger partial charge in [-0.2, -0.15) is 0 Å². The van der Waals surface area contributed by atoms with Gasteiger partial charge in [-0.15, -0.1) is 12.4 Å². The maximum absolute atomic E-state index is 13.2. The number of para-hydroxylation sites is 1. The van der Waals surface area contributed by atoms with Crippen molar-refractivity contribution in [1.82, 2.24) is 9.88 Å². The number of aromatic nitrogens is 1. The van der Waals surface area contributed by atoms with Crippen LogP contribution in [-0.2, 0) is 0 Å². The SMILES string of the molecule is CCOc1cccc2sc(N(CCN(C)C)C(=O)c3cccc([N+](=O)[O-])c3)nc12.Cl. The Kier molecular flexibility index (Phi) is 8.10. The van der Waals surface area contributed by atoms with Crippen LogP contribution in [0, 0.1) is 10.1 Å². The van der Waals surface area contributed by atoms with E-state index in [0.29, 0.717) is 36.1 Å². The number of hydrogen-bond acceptors (Lipinski definition) is 7. The fraction of sp³-hybridized carbons (Fsp3) is 0.300. The van der Waals surface area contributed by atoms with Crippen LogP contribution in [-0.4, -0.2) is 54.5 Å². The zero-order chi connectivity index (χ0) is 21.0. The molecule has 2 aromatic carbocycles. The Morgan fingerprint density at radius 1 is 1.20 bits per heavy atom. The fourth-order valence-electron chi connectivity index (χ4n) is 2.79. The molecule has 0 atom stereocenters. The fourth-order valence-corrected chi connectivity index (χ4v) is 3.80. The summed E-state index contributed by atoms with van der Waals surface area (Å²) in [7, 11) is 3.84. The molecule has 1 amide bonds. The number of fused-ring (bicyclic) bond motifs is 1. The third kappa shape index (κ3) is 5.24. The number of nitrogens with zero attached hydrogens (tertiary/aromatic N) is 4. The number of anilines is 1. The highest BCUT2D eigenvalue weighted by Gasteiger charge is 2.23. The molecule has 0 fully saturated rings. The van der Waals surface area contributed by atoms with Crippen LogP contribution in [0.25, 0.3) is 10.2 Å². The first-order valence-electron chi connectivity index (χ1n) is 9.14. The molecule has 0 N–H and O–H groups in total. The van der Waals surface area contributed by atoms with Crippen molar-refractivity contribution in [3.8, 4) is 5.75 Å². The number of hydrogen-bond donors (Lipinski definition) is 0. The number of benzene rings is 2. The number of nitro groups is 1. The molecule has 0 spiro atoms. The summed E-state index contributed by atoms with van der Waals surface area (Å²) in [5.74, 6) is 0.343. The molecule has 0 saturated carbocycles. The third-order valence-electron chi connectivity index (χ3n) is 4.22. The van der Waals surface area contributed by atoms with E-state index in [9.17, 15) is 14.9 Å². The van der Waals surface area contributed by atoms with E-state index in [-0.39, 0.29) is 29.6 Å². The van der Waals surface area contributed by atoms with Crippen LogP contribution in [0.2, 0.25) is 0 Å². The van der Waals surface area contributed by atoms with Gasteiger partial charge in [0.15, 0.2) is 5.13 Å². The minimum Gasteiger partial charge on any atom is -0.492 e. The number of ether oxygens (including phenoxy) is 1. The van der Waals surface area contributed by atoms with E-state index < -0.39 is 4.92 Å². The van der Waals surface area contributed by atoms with Crippen molar-refractivity contribution in [1.29, 1.82) is 0 Å². The zero-order valence-electron chi connectivity index (χ0n) is 16.9. The van der Waals surface area contributed by atoms with Crippen LogP contribution in [0.3, 0.4) is 0 Å². The lowest BCUT2D eigenvalue weighted by molar-refractivity contribution is -0.384. The molecule has 0 aliphatic rings. The Balaban J connectivity index is 0.00000320. The van der Waals surface area contributed by atoms with Crippen LogP contribution >= 0.6 is 23.7 Å². The van der Waals surface area contributed by atoms with Crippen molar-refractivity contribution in [2.75, 3.05) is 38.7 Å². The largest absolute Gasteiger partial charge is 0.492 e. The molecule has 3 aromatic rings. The Hall–Kier alpha value is -2.75. The molecule has 0 bridgehead atoms. The van der Waals surface area contributed by atoms with Crippen LogP contribution in [0.5, 0.6) is 5.75 Å². The maximum atomic E-state index is 13.2. The summed E-state index contributed by atoms with van der Waals surface area (Å²) in [6.07, 6.45) is 0. The van der Waals surface area contributed by atoms with E-state index in [2.05, 4.69) is 4.98 Å². The number of thiazole rings is 1. The molecule has 1 heterocycles. The van der Waals surface area contributed by atoms with E-state index in [4.69, 9.17) is 4.74 Å². The molecule has 0 saturated heterocycles. The number of carbonyl (C=O) groups excluding carboxylic acids is 1. The van der Waals surface area contributed by atoms with Gasteiger partial charge in [-0.25, -0.2) is 4.98 Å². The summed E-state index contributed by atoms with van der Waals surface area (Å²) >= 11 is 1.39. The Morgan fingerprint density at radius 2 is 1.93 bits per heavy atom. The second-order valence-corrected chi connectivity index (χ2v) is 7.61. The number of likely N-dealkylation sites (N-methyl/N-ethyl adjacent to an activating group) is 1. The van der Waals surface area contributed by atoms with Gasteiger partial charge < -0.3 is 9.64 Å². The lowest BCUT2D eigenvalue weighted by Gasteiger charge is -2.22. The van der Waals surface area contributed by atoms with Gasteiger partial charge in [0.1, 0.15) is 11.3 Å². The first-order chi connectivity index (χ1) is 13.9. The number of nitro benzene ring substituents is 1. The molecule has 0 aliphatic carbocycles. The standard InChI is InChI=1S/C20H22N4O4S.ClH/c1-4-28-16-9-6-10-17-18(16)21-20(29-17)23(12-11-22(2)3)19(25)14-7-5-8-15(13-14)24(26)27;/h5-10,13H,4,11-12H2,1-3H3;1H. The summed E-state index contributed by atoms with van der Waals surface area (Å²) in [5, 5.41) is 11.6. The van der Waals surface area contributed by atoms with Crippen molar-refractivity contribution in [3.63, 3.8) is 0 Å². The van der Waals surface area contributed by atoms with Gasteiger partial charge in [-0.1, -0.05) is 23.5 Å². The molecule has 8 nitrogen and oxygen atoms in total. The monoisotopic (exact) mass is 450 g/mol. The van der Waals surface area contributed by atoms with Crippen molar-refractivity contribution in [2.24, 2.45) is 0 Å². The minimum atomic E-state index is -0.507. The molecule has 30 heavy (non-hydrogen) atoms. The Labute approximate surface area is 184 Å². The zero-order valence-corrected chi connectivity index (χ0v) is 18.5. The average molecular weight is 451 g/mol. The molecule has 0 unspecified atom stereocenters. The van der Waals surface area contributed by atoms with Gasteiger partial charge in [0.2, 0.25) is 0 Å². The highest BCUT2D eigenvalue weighted by Crippen LogP contribution is 2.35. The van der Waals surface area contributed by atoms with E-state index in [1.54, 1.807) is 11.0 Å². The highest BCUT2D eigenvalue weighted by atomic mass is 35.5. The van der Waals surface area contributed by atoms with Crippen LogP contribution in [0.4, 0.5) is 10.8 Å². The van der Waals surface area contributed by atoms with E-state index >= 15 is 0 Å². The second kappa shape index (κ2) is 10.3. The van der Waals surface area contributed by atoms with Crippen molar-refractivity contribution in [3.05, 3.63) is 58.1 Å². The number of halogens is 1. The van der Waals surface area contributed by atoms with Crippen molar-refractivity contribution in [2.45, 2.75) is 6.92 Å². The summed E-state index contributed by atoms with van der Waals surface area (Å²) in [6.45, 7) is 3.44. The molecular weight excluding hydrogens is 428 g/mol. The predicted octanol–water partition coefficient (Wildman–Crippen LogP) is 4.23. The smallest absolute Gasteiger partial charge is 0.270 e. The average Bonchev–Trinajstić information content (AvgIpc) is 3.13. The number of carbonyl (C=O) groups is 1. The second-order valence-electron chi connectivity index (χ2n) is 6.60. The summed E-state index contributed by atoms with van der Waals surface area (Å²) < 4.78 is 6.56. The summed E-state index contributed by atoms with van der Waals surface area (Å²) in [5.41, 5.74) is 0.838. The first-order valence-corrected chi connectivity index (χ1v) is 9.95. The molecular formula is C20H23ClN4O4S. The molecule has 10 heteroatoms. The normalized spacial score (nSPS) is 10.7. The summed E-state index contributed by atoms with van der Waals surface area (Å²) in [4.78, 5) is 32.0. The molecule has 1 aromatic heterocycles. The van der Waals surface area contributed by atoms with Gasteiger partial charge in [-0.05, 0) is 39.2 Å². The van der Waals surface area contributed by atoms with Crippen LogP contribution < -0.4 is 9.64 Å². The lowest BCUT2D eigenvalue weighted by atomic mass is 10.2. The Morgan fingerprint density at radius 3 is 2.60 bits per heavy atom. The highest BCUT2D eigenvalue weighted by molar-refractivity contribution is 7.22. The van der Waals surface area contributed by atoms with Gasteiger partial charge in [-0.3, -0.25) is 19.8 Å². The summed E-state index contributed by atoms with van der Waals surface area (Å²) in [6, 6.07) is 11.4. The van der Waals surface area contributed by atoms with E-state index in [1.807, 2.05) is 44.1 Å². The van der Waals surface area contributed by atoms with E-state index in [0.717, 1.165) is 4.70 Å². The lowest BCUT2D eigenvalue weighted by Crippen LogP contribution is -2.36. The number of rotatable bonds is 8. The van der Waals surface area contributed by atoms with Crippen molar-refractivity contribution < 1.29 is 14.5 Å². The minimum absolute atomic E-state index is 0. The molecule has 3 rings (SSSR count). The van der Waals surface area contributed by atoms with Gasteiger partial charge in [0, 0.05) is 30.8 Å². The third-order valence-corrected chi connectivity index (χ3v) is 5.26. The molecule has 0 radical (unpaired) electrons. The van der Waals surface area contributed by atoms with E-state index in [1.165, 1.54) is 29.5 Å². The quantitative estimate of drug-likeness (QED) is 0.377. The number of non-ortho nitro benzene ring substituents is 1. The van der Waals surface area contributed by atoms with Crippen LogP contribution in [0.15, 0.2) is 42.5 Å². The predicted molar refractivity (Wildman–Crippen MR) is 121 cm³/mol. The first kappa shape index (κ1) is 23.5. The van der Waals surface area contributed by atoms with Crippen molar-refractivity contribution >= 4 is 50.7 Å². The molecule has 160 valence electrons. The number of amides is 1. The Bertz CT molecular complexity index is 1040. The molecule has 0 aliphatic heterocycles. The van der Waals surface area contributed by atoms with Crippen LogP contribution in [0.1, 0.15) is 17.3 Å². The van der Waals surface area contributed by atoms with Gasteiger partial charge >= 0.3 is 0 Å². The van der Waals surface area contributed by atoms with Gasteiger partial charge in [0.25, 0.3) is 11.6 Å². The maximum Gasteiger partial charge on any atom is 0.270 e. The van der Waals surface area contributed by atoms with Gasteiger partial charge in [0.05, 0.1) is 16.2 Å². The topological polar surface area (TPSA) is 88.8 Å².